The minimum atomic E-state index is -3.62. The average molecular weight is 483 g/mol. The Labute approximate surface area is 203 Å². The number of likely N-dealkylation sites (N-methyl/N-ethyl adjacent to an activating group) is 1. The van der Waals surface area contributed by atoms with Gasteiger partial charge in [-0.25, -0.2) is 13.1 Å². The van der Waals surface area contributed by atoms with Crippen LogP contribution in [0.3, 0.4) is 0 Å². The molecule has 8 heteroatoms. The van der Waals surface area contributed by atoms with E-state index in [1.54, 1.807) is 24.4 Å². The molecule has 0 saturated carbocycles. The smallest absolute Gasteiger partial charge is 0.240 e. The number of hydrogen-bond donors (Lipinski definition) is 2. The van der Waals surface area contributed by atoms with Crippen molar-refractivity contribution in [1.29, 1.82) is 0 Å². The van der Waals surface area contributed by atoms with E-state index in [1.807, 2.05) is 48.5 Å². The van der Waals surface area contributed by atoms with Crippen LogP contribution in [0.15, 0.2) is 77.8 Å². The molecule has 182 valence electrons. The van der Waals surface area contributed by atoms with E-state index in [0.717, 1.165) is 42.2 Å². The minimum absolute atomic E-state index is 0.213. The van der Waals surface area contributed by atoms with Gasteiger partial charge in [-0.3, -0.25) is 4.98 Å². The molecule has 0 fully saturated rings. The molecule has 1 aromatic heterocycles. The predicted molar refractivity (Wildman–Crippen MR) is 135 cm³/mol. The molecule has 0 atom stereocenters. The monoisotopic (exact) mass is 482 g/mol. The van der Waals surface area contributed by atoms with Crippen LogP contribution in [-0.2, 0) is 29.7 Å². The molecular formula is C26H34N4O3S. The summed E-state index contributed by atoms with van der Waals surface area (Å²) in [5.41, 5.74) is 2.70. The van der Waals surface area contributed by atoms with Crippen molar-refractivity contribution in [1.82, 2.24) is 19.9 Å². The van der Waals surface area contributed by atoms with Crippen molar-refractivity contribution >= 4 is 10.0 Å². The molecular weight excluding hydrogens is 448 g/mol. The Morgan fingerprint density at radius 2 is 1.68 bits per heavy atom. The third-order valence-electron chi connectivity index (χ3n) is 5.53. The predicted octanol–water partition coefficient (Wildman–Crippen LogP) is 3.57. The summed E-state index contributed by atoms with van der Waals surface area (Å²) < 4.78 is 34.1. The lowest BCUT2D eigenvalue weighted by atomic mass is 10.2. The molecule has 2 aromatic carbocycles. The van der Waals surface area contributed by atoms with Crippen molar-refractivity contribution in [3.05, 3.63) is 89.7 Å². The van der Waals surface area contributed by atoms with Crippen LogP contribution in [0.2, 0.25) is 0 Å². The van der Waals surface area contributed by atoms with Crippen molar-refractivity contribution in [2.45, 2.75) is 38.4 Å². The first-order valence-corrected chi connectivity index (χ1v) is 13.1. The Bertz CT molecular complexity index is 1100. The van der Waals surface area contributed by atoms with Gasteiger partial charge in [0.25, 0.3) is 0 Å². The number of nitrogens with one attached hydrogen (secondary N) is 2. The molecule has 0 radical (unpaired) electrons. The van der Waals surface area contributed by atoms with Crippen molar-refractivity contribution in [2.24, 2.45) is 0 Å². The van der Waals surface area contributed by atoms with E-state index in [4.69, 9.17) is 4.74 Å². The highest BCUT2D eigenvalue weighted by Gasteiger charge is 2.14. The molecule has 7 nitrogen and oxygen atoms in total. The molecule has 0 aliphatic heterocycles. The van der Waals surface area contributed by atoms with E-state index in [-0.39, 0.29) is 11.4 Å². The number of sulfonamides is 1. The highest BCUT2D eigenvalue weighted by atomic mass is 32.2. The Balaban J connectivity index is 1.49. The van der Waals surface area contributed by atoms with E-state index in [9.17, 15) is 8.42 Å². The molecule has 0 saturated heterocycles. The molecule has 0 bridgehead atoms. The Morgan fingerprint density at radius 3 is 2.38 bits per heavy atom. The van der Waals surface area contributed by atoms with Gasteiger partial charge in [0.05, 0.1) is 10.6 Å². The molecule has 0 aliphatic carbocycles. The van der Waals surface area contributed by atoms with E-state index in [2.05, 4.69) is 33.8 Å². The van der Waals surface area contributed by atoms with Crippen molar-refractivity contribution in [3.8, 4) is 5.75 Å². The summed E-state index contributed by atoms with van der Waals surface area (Å²) >= 11 is 0. The lowest BCUT2D eigenvalue weighted by Crippen LogP contribution is -2.27. The number of benzene rings is 2. The van der Waals surface area contributed by atoms with Gasteiger partial charge in [-0.2, -0.15) is 0 Å². The standard InChI is InChI=1S/C26H34N4O3S/c1-3-30(4-2)16-17-33-25-13-11-22(12-14-25)20-29-34(31,32)26-10-7-8-23(18-26)19-27-21-24-9-5-6-15-28-24/h5-15,18,27,29H,3-4,16-17,19-21H2,1-2H3. The first-order chi connectivity index (χ1) is 16.5. The van der Waals surface area contributed by atoms with Crippen LogP contribution < -0.4 is 14.8 Å². The largest absolute Gasteiger partial charge is 0.492 e. The van der Waals surface area contributed by atoms with Gasteiger partial charge >= 0.3 is 0 Å². The van der Waals surface area contributed by atoms with Crippen LogP contribution in [0.1, 0.15) is 30.7 Å². The number of rotatable bonds is 14. The summed E-state index contributed by atoms with van der Waals surface area (Å²) in [6.07, 6.45) is 1.75. The number of aromatic nitrogens is 1. The summed E-state index contributed by atoms with van der Waals surface area (Å²) in [6, 6.07) is 20.2. The molecule has 0 aliphatic rings. The molecule has 34 heavy (non-hydrogen) atoms. The average Bonchev–Trinajstić information content (AvgIpc) is 2.87. The number of pyridine rings is 1. The highest BCUT2D eigenvalue weighted by Crippen LogP contribution is 2.15. The lowest BCUT2D eigenvalue weighted by molar-refractivity contribution is 0.223. The molecule has 0 spiro atoms. The molecule has 2 N–H and O–H groups in total. The SMILES string of the molecule is CCN(CC)CCOc1ccc(CNS(=O)(=O)c2cccc(CNCc3ccccn3)c2)cc1. The van der Waals surface area contributed by atoms with E-state index in [1.165, 1.54) is 0 Å². The molecule has 3 rings (SSSR count). The highest BCUT2D eigenvalue weighted by molar-refractivity contribution is 7.89. The summed E-state index contributed by atoms with van der Waals surface area (Å²) in [4.78, 5) is 6.83. The zero-order chi connectivity index (χ0) is 24.2. The number of ether oxygens (including phenoxy) is 1. The normalized spacial score (nSPS) is 11.6. The van der Waals surface area contributed by atoms with Gasteiger partial charge < -0.3 is 15.0 Å². The Morgan fingerprint density at radius 1 is 0.882 bits per heavy atom. The summed E-state index contributed by atoms with van der Waals surface area (Å²) in [6.45, 7) is 9.16. The second kappa shape index (κ2) is 13.2. The van der Waals surface area contributed by atoms with E-state index < -0.39 is 10.0 Å². The maximum Gasteiger partial charge on any atom is 0.240 e. The fraction of sp³-hybridized carbons (Fsp3) is 0.346. The van der Waals surface area contributed by atoms with E-state index in [0.29, 0.717) is 19.7 Å². The fourth-order valence-electron chi connectivity index (χ4n) is 3.46. The minimum Gasteiger partial charge on any atom is -0.492 e. The van der Waals surface area contributed by atoms with Gasteiger partial charge in [0.15, 0.2) is 0 Å². The third-order valence-corrected chi connectivity index (χ3v) is 6.93. The van der Waals surface area contributed by atoms with Crippen LogP contribution in [0.4, 0.5) is 0 Å². The maximum atomic E-state index is 12.8. The lowest BCUT2D eigenvalue weighted by Gasteiger charge is -2.18. The fourth-order valence-corrected chi connectivity index (χ4v) is 4.55. The van der Waals surface area contributed by atoms with Crippen LogP contribution in [-0.4, -0.2) is 44.5 Å². The topological polar surface area (TPSA) is 83.6 Å². The number of hydrogen-bond acceptors (Lipinski definition) is 6. The molecule has 0 unspecified atom stereocenters. The van der Waals surface area contributed by atoms with Crippen molar-refractivity contribution < 1.29 is 13.2 Å². The van der Waals surface area contributed by atoms with Gasteiger partial charge in [-0.15, -0.1) is 0 Å². The molecule has 1 heterocycles. The maximum absolute atomic E-state index is 12.8. The van der Waals surface area contributed by atoms with Crippen LogP contribution in [0.5, 0.6) is 5.75 Å². The van der Waals surface area contributed by atoms with Gasteiger partial charge in [-0.1, -0.05) is 44.2 Å². The molecule has 0 amide bonds. The summed E-state index contributed by atoms with van der Waals surface area (Å²) in [7, 11) is -3.62. The second-order valence-corrected chi connectivity index (χ2v) is 9.68. The first-order valence-electron chi connectivity index (χ1n) is 11.6. The van der Waals surface area contributed by atoms with Crippen molar-refractivity contribution in [3.63, 3.8) is 0 Å². The number of nitrogens with zero attached hydrogens (tertiary/aromatic N) is 2. The summed E-state index contributed by atoms with van der Waals surface area (Å²) in [5.74, 6) is 0.782. The zero-order valence-electron chi connectivity index (χ0n) is 19.9. The van der Waals surface area contributed by atoms with Crippen LogP contribution in [0.25, 0.3) is 0 Å². The van der Waals surface area contributed by atoms with Gasteiger partial charge in [0.2, 0.25) is 10.0 Å². The van der Waals surface area contributed by atoms with Crippen molar-refractivity contribution in [2.75, 3.05) is 26.2 Å². The Hall–Kier alpha value is -2.78. The van der Waals surface area contributed by atoms with Gasteiger partial charge in [0.1, 0.15) is 12.4 Å². The summed E-state index contributed by atoms with van der Waals surface area (Å²) in [5, 5.41) is 3.29. The second-order valence-electron chi connectivity index (χ2n) is 7.92. The molecule has 3 aromatic rings. The van der Waals surface area contributed by atoms with E-state index >= 15 is 0 Å². The zero-order valence-corrected chi connectivity index (χ0v) is 20.7. The van der Waals surface area contributed by atoms with Crippen LogP contribution >= 0.6 is 0 Å². The quantitative estimate of drug-likeness (QED) is 0.366. The van der Waals surface area contributed by atoms with Gasteiger partial charge in [-0.05, 0) is 60.6 Å². The first kappa shape index (κ1) is 25.8. The Kier molecular flexibility index (Phi) is 10.0. The van der Waals surface area contributed by atoms with Crippen LogP contribution in [0, 0.1) is 0 Å². The third kappa shape index (κ3) is 8.22. The van der Waals surface area contributed by atoms with Gasteiger partial charge in [0, 0.05) is 32.4 Å².